The van der Waals surface area contributed by atoms with Crippen molar-refractivity contribution >= 4 is 5.91 Å². The van der Waals surface area contributed by atoms with E-state index in [0.717, 1.165) is 37.3 Å². The van der Waals surface area contributed by atoms with Gasteiger partial charge in [0.2, 0.25) is 0 Å². The summed E-state index contributed by atoms with van der Waals surface area (Å²) in [5.74, 6) is 0.785. The summed E-state index contributed by atoms with van der Waals surface area (Å²) in [6.45, 7) is 10.5. The molecule has 0 N–H and O–H groups in total. The van der Waals surface area contributed by atoms with Crippen molar-refractivity contribution in [1.82, 2.24) is 9.80 Å². The van der Waals surface area contributed by atoms with E-state index < -0.39 is 0 Å². The molecule has 4 rings (SSSR count). The number of carbonyl (C=O) groups excluding carboxylic acids is 1. The second-order valence-corrected chi connectivity index (χ2v) is 10.1. The fourth-order valence-corrected chi connectivity index (χ4v) is 5.04. The second-order valence-electron chi connectivity index (χ2n) is 10.1. The van der Waals surface area contributed by atoms with E-state index in [1.165, 1.54) is 11.1 Å². The number of aryl methyl sites for hydroxylation is 1. The molecule has 0 unspecified atom stereocenters. The predicted octanol–water partition coefficient (Wildman–Crippen LogP) is 6.15. The molecule has 1 aliphatic rings. The molecule has 3 aromatic rings. The van der Waals surface area contributed by atoms with Crippen molar-refractivity contribution in [2.24, 2.45) is 11.8 Å². The van der Waals surface area contributed by atoms with Crippen LogP contribution in [0.5, 0.6) is 0 Å². The highest BCUT2D eigenvalue weighted by Gasteiger charge is 2.36. The summed E-state index contributed by atoms with van der Waals surface area (Å²) in [6, 6.07) is 25.2. The molecule has 1 amide bonds. The normalized spacial score (nSPS) is 18.4. The minimum Gasteiger partial charge on any atom is -0.338 e. The van der Waals surface area contributed by atoms with E-state index in [-0.39, 0.29) is 23.6 Å². The molecule has 3 nitrogen and oxygen atoms in total. The number of carbonyl (C=O) groups is 1. The van der Waals surface area contributed by atoms with Crippen LogP contribution < -0.4 is 0 Å². The van der Waals surface area contributed by atoms with Crippen LogP contribution in [0.25, 0.3) is 0 Å². The Morgan fingerprint density at radius 2 is 1.65 bits per heavy atom. The highest BCUT2D eigenvalue weighted by Crippen LogP contribution is 2.34. The van der Waals surface area contributed by atoms with Crippen LogP contribution in [-0.2, 0) is 6.54 Å². The Bertz CT molecular complexity index is 1060. The third-order valence-corrected chi connectivity index (χ3v) is 6.69. The van der Waals surface area contributed by atoms with Gasteiger partial charge in [-0.2, -0.15) is 0 Å². The molecule has 1 heterocycles. The van der Waals surface area contributed by atoms with Crippen molar-refractivity contribution in [1.29, 1.82) is 0 Å². The summed E-state index contributed by atoms with van der Waals surface area (Å²) in [4.78, 5) is 17.9. The molecule has 0 aromatic heterocycles. The van der Waals surface area contributed by atoms with Crippen LogP contribution in [0.2, 0.25) is 0 Å². The van der Waals surface area contributed by atoms with Crippen molar-refractivity contribution in [2.75, 3.05) is 26.2 Å². The Labute approximate surface area is 203 Å². The van der Waals surface area contributed by atoms with Crippen LogP contribution in [-0.4, -0.2) is 41.9 Å². The molecular formula is C30H35FN2O. The van der Waals surface area contributed by atoms with Gasteiger partial charge in [-0.1, -0.05) is 74.0 Å². The van der Waals surface area contributed by atoms with Gasteiger partial charge in [-0.15, -0.1) is 0 Å². The van der Waals surface area contributed by atoms with Gasteiger partial charge in [0.25, 0.3) is 5.91 Å². The van der Waals surface area contributed by atoms with Crippen LogP contribution in [0.4, 0.5) is 4.39 Å². The van der Waals surface area contributed by atoms with E-state index in [1.807, 2.05) is 47.4 Å². The van der Waals surface area contributed by atoms with E-state index >= 15 is 0 Å². The van der Waals surface area contributed by atoms with Crippen molar-refractivity contribution in [3.05, 3.63) is 107 Å². The molecule has 0 aliphatic carbocycles. The molecule has 34 heavy (non-hydrogen) atoms. The molecule has 1 aliphatic heterocycles. The molecule has 1 saturated heterocycles. The first-order chi connectivity index (χ1) is 16.4. The first-order valence-electron chi connectivity index (χ1n) is 12.3. The number of hydrogen-bond donors (Lipinski definition) is 0. The third kappa shape index (κ3) is 6.12. The Morgan fingerprint density at radius 3 is 2.29 bits per heavy atom. The summed E-state index contributed by atoms with van der Waals surface area (Å²) in [5, 5.41) is 0. The van der Waals surface area contributed by atoms with Gasteiger partial charge in [-0.3, -0.25) is 9.69 Å². The summed E-state index contributed by atoms with van der Waals surface area (Å²) in [6.07, 6.45) is 0. The monoisotopic (exact) mass is 458 g/mol. The van der Waals surface area contributed by atoms with E-state index in [0.29, 0.717) is 12.5 Å². The van der Waals surface area contributed by atoms with Crippen LogP contribution in [0.15, 0.2) is 78.9 Å². The van der Waals surface area contributed by atoms with Gasteiger partial charge in [-0.25, -0.2) is 4.39 Å². The van der Waals surface area contributed by atoms with Crippen molar-refractivity contribution in [3.8, 4) is 0 Å². The smallest absolute Gasteiger partial charge is 0.253 e. The van der Waals surface area contributed by atoms with Gasteiger partial charge >= 0.3 is 0 Å². The standard InChI is InChI=1S/C30H35FN2O/c1-22(2)17-33(30(34)26-7-5-4-6-8-26)20-27-19-32(18-24-11-9-23(3)10-12-24)21-29(27)25-13-15-28(31)16-14-25/h4-16,22,27,29H,17-21H2,1-3H3/t27-,29+/m1/s1. The molecule has 178 valence electrons. The molecule has 0 spiro atoms. The van der Waals surface area contributed by atoms with Gasteiger partial charge in [0.15, 0.2) is 0 Å². The highest BCUT2D eigenvalue weighted by molar-refractivity contribution is 5.94. The number of likely N-dealkylation sites (tertiary alicyclic amines) is 1. The molecule has 0 radical (unpaired) electrons. The van der Waals surface area contributed by atoms with E-state index in [2.05, 4.69) is 49.9 Å². The molecule has 0 bridgehead atoms. The summed E-state index contributed by atoms with van der Waals surface area (Å²) in [5.41, 5.74) is 4.44. The lowest BCUT2D eigenvalue weighted by Crippen LogP contribution is -2.39. The zero-order valence-corrected chi connectivity index (χ0v) is 20.5. The minimum atomic E-state index is -0.213. The van der Waals surface area contributed by atoms with Gasteiger partial charge in [0.1, 0.15) is 5.82 Å². The van der Waals surface area contributed by atoms with E-state index in [1.54, 1.807) is 12.1 Å². The predicted molar refractivity (Wildman–Crippen MR) is 136 cm³/mol. The Morgan fingerprint density at radius 1 is 0.971 bits per heavy atom. The van der Waals surface area contributed by atoms with Crippen molar-refractivity contribution < 1.29 is 9.18 Å². The molecule has 2 atom stereocenters. The van der Waals surface area contributed by atoms with Gasteiger partial charge in [0.05, 0.1) is 0 Å². The van der Waals surface area contributed by atoms with Crippen LogP contribution in [0, 0.1) is 24.6 Å². The van der Waals surface area contributed by atoms with Gasteiger partial charge in [-0.05, 0) is 54.2 Å². The number of halogens is 1. The molecule has 4 heteroatoms. The minimum absolute atomic E-state index is 0.0872. The SMILES string of the molecule is Cc1ccc(CN2C[C@H](CN(CC(C)C)C(=O)c3ccccc3)[C@H](c3ccc(F)cc3)C2)cc1. The molecule has 0 saturated carbocycles. The average molecular weight is 459 g/mol. The fourth-order valence-electron chi connectivity index (χ4n) is 5.04. The van der Waals surface area contributed by atoms with Gasteiger partial charge < -0.3 is 4.90 Å². The summed E-state index contributed by atoms with van der Waals surface area (Å²) >= 11 is 0. The Kier molecular flexibility index (Phi) is 7.79. The molecule has 1 fully saturated rings. The number of nitrogens with zero attached hydrogens (tertiary/aromatic N) is 2. The number of benzene rings is 3. The maximum Gasteiger partial charge on any atom is 0.253 e. The maximum absolute atomic E-state index is 13.7. The van der Waals surface area contributed by atoms with Crippen molar-refractivity contribution in [2.45, 2.75) is 33.2 Å². The molecular weight excluding hydrogens is 423 g/mol. The van der Waals surface area contributed by atoms with E-state index in [4.69, 9.17) is 0 Å². The molecule has 3 aromatic carbocycles. The third-order valence-electron chi connectivity index (χ3n) is 6.69. The lowest BCUT2D eigenvalue weighted by molar-refractivity contribution is 0.0703. The first-order valence-corrected chi connectivity index (χ1v) is 12.3. The zero-order valence-electron chi connectivity index (χ0n) is 20.5. The topological polar surface area (TPSA) is 23.6 Å². The lowest BCUT2D eigenvalue weighted by atomic mass is 9.88. The van der Waals surface area contributed by atoms with Gasteiger partial charge in [0, 0.05) is 44.2 Å². The summed E-state index contributed by atoms with van der Waals surface area (Å²) < 4.78 is 13.7. The van der Waals surface area contributed by atoms with Crippen LogP contribution in [0.1, 0.15) is 46.8 Å². The fraction of sp³-hybridized carbons (Fsp3) is 0.367. The first kappa shape index (κ1) is 24.2. The van der Waals surface area contributed by atoms with E-state index in [9.17, 15) is 9.18 Å². The Hall–Kier alpha value is -2.98. The average Bonchev–Trinajstić information content (AvgIpc) is 3.22. The van der Waals surface area contributed by atoms with Crippen LogP contribution in [0.3, 0.4) is 0 Å². The summed E-state index contributed by atoms with van der Waals surface area (Å²) in [7, 11) is 0. The quantitative estimate of drug-likeness (QED) is 0.404. The highest BCUT2D eigenvalue weighted by atomic mass is 19.1. The Balaban J connectivity index is 1.57. The van der Waals surface area contributed by atoms with Crippen LogP contribution >= 0.6 is 0 Å². The second kappa shape index (κ2) is 11.0. The van der Waals surface area contributed by atoms with Crippen molar-refractivity contribution in [3.63, 3.8) is 0 Å². The zero-order chi connectivity index (χ0) is 24.1. The maximum atomic E-state index is 13.7. The number of amides is 1. The largest absolute Gasteiger partial charge is 0.338 e. The number of hydrogen-bond acceptors (Lipinski definition) is 2. The number of rotatable bonds is 8. The lowest BCUT2D eigenvalue weighted by Gasteiger charge is -2.30.